The summed E-state index contributed by atoms with van der Waals surface area (Å²) in [6.45, 7) is 21.6. The number of fused-ring (bicyclic) bond motifs is 10. The molecule has 2 aliphatic rings. The van der Waals surface area contributed by atoms with Gasteiger partial charge in [-0.05, 0) is 154 Å². The Kier molecular flexibility index (Phi) is 26.9. The summed E-state index contributed by atoms with van der Waals surface area (Å²) in [6, 6.07) is 28.3. The fourth-order valence-electron chi connectivity index (χ4n) is 11.1. The minimum Gasteiger partial charge on any atom is -0.850 e. The van der Waals surface area contributed by atoms with E-state index in [1.54, 1.807) is 50.1 Å². The van der Waals surface area contributed by atoms with Crippen LogP contribution in [-0.4, -0.2) is 40.2 Å². The van der Waals surface area contributed by atoms with Crippen LogP contribution >= 0.6 is 77.0 Å². The molecule has 2 aliphatic carbocycles. The van der Waals surface area contributed by atoms with Crippen LogP contribution in [0.5, 0.6) is 0 Å². The van der Waals surface area contributed by atoms with Crippen molar-refractivity contribution in [3.63, 3.8) is 0 Å². The van der Waals surface area contributed by atoms with E-state index in [4.69, 9.17) is 5.11 Å². The zero-order chi connectivity index (χ0) is 51.2. The van der Waals surface area contributed by atoms with Gasteiger partial charge in [-0.3, -0.25) is 0 Å². The van der Waals surface area contributed by atoms with Crippen molar-refractivity contribution < 1.29 is 66.3 Å². The molecular weight excluding hydrogens is 1260 g/mol. The van der Waals surface area contributed by atoms with E-state index in [0.717, 1.165) is 13.1 Å². The molecule has 0 spiro atoms. The van der Waals surface area contributed by atoms with E-state index in [0.29, 0.717) is 6.61 Å². The number of aliphatic hydroxyl groups is 1. The number of aryl methyl sites for hydroxylation is 2. The van der Waals surface area contributed by atoms with Gasteiger partial charge in [0.1, 0.15) is 0 Å². The Labute approximate surface area is 516 Å². The molecule has 0 unspecified atom stereocenters. The molecule has 0 radical (unpaired) electrons. The van der Waals surface area contributed by atoms with E-state index in [1.165, 1.54) is 163 Å². The molecule has 0 amide bonds. The number of hydrogen-bond donors (Lipinski definition) is 1. The smallest absolute Gasteiger partial charge is 0.850 e. The standard InChI is InChI=1S/2C27H33BrIN.C4H9O.C3H8O2.K/c2*1-4-7-14-27(15-8-5-2)23-17-19(28)10-12-21(23)26-25(27)22-13-11-20(29)18-24(22)30(26)16-9-6-3;1-4(2,3)5;1-5-3-2-4;/h2*10-13,17-18H,4-9,14-16H2,1-3H3;1-3H3;4H,2-3H2,1H3;/q;;-1;;+1. The van der Waals surface area contributed by atoms with Crippen LogP contribution in [0.2, 0.25) is 0 Å². The summed E-state index contributed by atoms with van der Waals surface area (Å²) in [5, 5.41) is 21.0. The fourth-order valence-corrected chi connectivity index (χ4v) is 12.7. The Morgan fingerprint density at radius 2 is 0.901 bits per heavy atom. The molecule has 0 fully saturated rings. The van der Waals surface area contributed by atoms with Gasteiger partial charge in [0.2, 0.25) is 0 Å². The van der Waals surface area contributed by atoms with Crippen LogP contribution in [-0.2, 0) is 28.7 Å². The molecule has 0 saturated carbocycles. The van der Waals surface area contributed by atoms with E-state index in [1.807, 2.05) is 0 Å². The van der Waals surface area contributed by atoms with Crippen molar-refractivity contribution in [3.8, 4) is 22.5 Å². The number of aromatic nitrogens is 2. The second-order valence-electron chi connectivity index (χ2n) is 20.6. The van der Waals surface area contributed by atoms with Gasteiger partial charge >= 0.3 is 51.4 Å². The number of unbranched alkanes of at least 4 members (excludes halogenated alkanes) is 6. The molecule has 10 heteroatoms. The molecular formula is C61H83Br2I2KN2O3. The largest absolute Gasteiger partial charge is 1.00 e. The van der Waals surface area contributed by atoms with Crippen LogP contribution in [0.25, 0.3) is 44.3 Å². The molecule has 0 bridgehead atoms. The second-order valence-corrected chi connectivity index (χ2v) is 24.9. The second kappa shape index (κ2) is 30.2. The number of nitrogens with zero attached hydrogens (tertiary/aromatic N) is 2. The number of rotatable bonds is 20. The van der Waals surface area contributed by atoms with E-state index in [9.17, 15) is 5.11 Å². The minimum absolute atomic E-state index is 0. The van der Waals surface area contributed by atoms with Crippen molar-refractivity contribution in [3.05, 3.63) is 111 Å². The Balaban J connectivity index is 0.000000256. The molecule has 71 heavy (non-hydrogen) atoms. The number of methoxy groups -OCH3 is 1. The van der Waals surface area contributed by atoms with Crippen molar-refractivity contribution in [1.82, 2.24) is 9.13 Å². The van der Waals surface area contributed by atoms with Crippen molar-refractivity contribution in [2.45, 2.75) is 195 Å². The minimum atomic E-state index is -0.750. The molecule has 0 aliphatic heterocycles. The maximum atomic E-state index is 10.1. The Hall–Kier alpha value is -0.104. The number of hydrogen-bond acceptors (Lipinski definition) is 3. The topological polar surface area (TPSA) is 62.4 Å². The fraction of sp³-hybridized carbons (Fsp3) is 0.541. The Morgan fingerprint density at radius 1 is 0.563 bits per heavy atom. The summed E-state index contributed by atoms with van der Waals surface area (Å²) in [5.74, 6) is 0. The Bertz CT molecular complexity index is 2420. The van der Waals surface area contributed by atoms with Gasteiger partial charge in [0.15, 0.2) is 0 Å². The number of aliphatic hydroxyl groups excluding tert-OH is 1. The van der Waals surface area contributed by atoms with Crippen molar-refractivity contribution in [2.24, 2.45) is 0 Å². The molecule has 1 N–H and O–H groups in total. The zero-order valence-corrected chi connectivity index (χ0v) is 55.9. The molecule has 2 aromatic heterocycles. The van der Waals surface area contributed by atoms with E-state index in [2.05, 4.69) is 205 Å². The van der Waals surface area contributed by atoms with Crippen molar-refractivity contribution in [2.75, 3.05) is 20.3 Å². The molecule has 0 atom stereocenters. The number of halogens is 4. The Morgan fingerprint density at radius 3 is 1.18 bits per heavy atom. The number of benzene rings is 4. The summed E-state index contributed by atoms with van der Waals surface area (Å²) in [7, 11) is 1.55. The van der Waals surface area contributed by atoms with Crippen molar-refractivity contribution >= 4 is 98.8 Å². The molecule has 4 aromatic carbocycles. The molecule has 6 aromatic rings. The third-order valence-corrected chi connectivity index (χ3v) is 16.4. The third kappa shape index (κ3) is 15.1. The van der Waals surface area contributed by atoms with Gasteiger partial charge in [-0.25, -0.2) is 0 Å². The van der Waals surface area contributed by atoms with Crippen LogP contribution in [0, 0.1) is 7.14 Å². The van der Waals surface area contributed by atoms with Crippen LogP contribution < -0.4 is 56.5 Å². The van der Waals surface area contributed by atoms with E-state index < -0.39 is 5.60 Å². The van der Waals surface area contributed by atoms with Crippen molar-refractivity contribution in [1.29, 1.82) is 0 Å². The third-order valence-electron chi connectivity index (χ3n) is 14.1. The normalized spacial score (nSPS) is 13.5. The van der Waals surface area contributed by atoms with Gasteiger partial charge in [0.05, 0.1) is 24.6 Å². The first-order valence-corrected chi connectivity index (χ1v) is 30.4. The quantitative estimate of drug-likeness (QED) is 0.0612. The zero-order valence-electron chi connectivity index (χ0n) is 45.2. The van der Waals surface area contributed by atoms with Gasteiger partial charge in [0, 0.05) is 80.0 Å². The summed E-state index contributed by atoms with van der Waals surface area (Å²) in [4.78, 5) is 0. The summed E-state index contributed by atoms with van der Waals surface area (Å²) in [6.07, 6.45) is 20.0. The van der Waals surface area contributed by atoms with Gasteiger partial charge in [-0.2, -0.15) is 0 Å². The summed E-state index contributed by atoms with van der Waals surface area (Å²) in [5.41, 5.74) is 14.8. The maximum absolute atomic E-state index is 10.1. The van der Waals surface area contributed by atoms with E-state index >= 15 is 0 Å². The molecule has 8 rings (SSSR count). The molecule has 5 nitrogen and oxygen atoms in total. The van der Waals surface area contributed by atoms with Gasteiger partial charge in [-0.15, -0.1) is 5.60 Å². The van der Waals surface area contributed by atoms with Crippen LogP contribution in [0.4, 0.5) is 0 Å². The summed E-state index contributed by atoms with van der Waals surface area (Å²) < 4.78 is 14.8. The average molecular weight is 1350 g/mol. The van der Waals surface area contributed by atoms with Crippen LogP contribution in [0.1, 0.15) is 187 Å². The first-order valence-electron chi connectivity index (χ1n) is 26.6. The first-order chi connectivity index (χ1) is 33.6. The van der Waals surface area contributed by atoms with Gasteiger partial charge in [-0.1, -0.05) is 183 Å². The molecule has 0 saturated heterocycles. The summed E-state index contributed by atoms with van der Waals surface area (Å²) >= 11 is 12.5. The monoisotopic (exact) mass is 1340 g/mol. The van der Waals surface area contributed by atoms with Gasteiger partial charge in [0.25, 0.3) is 0 Å². The predicted octanol–water partition coefficient (Wildman–Crippen LogP) is 15.7. The van der Waals surface area contributed by atoms with Crippen LogP contribution in [0.3, 0.4) is 0 Å². The average Bonchev–Trinajstić information content (AvgIpc) is 3.99. The first kappa shape index (κ1) is 63.4. The van der Waals surface area contributed by atoms with E-state index in [-0.39, 0.29) is 68.8 Å². The SMILES string of the molecule is CC(C)(C)[O-].CCCCn1c2c(c3ccc(I)cc31)C(CCCC)(CCCC)c1cc(Br)ccc1-2.CCCCn1c2c(c3ccc(I)cc31)C(CCCC)(CCCC)c1cc(Br)ccc1-2.COCCO.[K+]. The number of ether oxygens (including phenoxy) is 1. The predicted molar refractivity (Wildman–Crippen MR) is 324 cm³/mol. The molecule has 2 heterocycles. The van der Waals surface area contributed by atoms with Gasteiger partial charge < -0.3 is 24.1 Å². The molecule has 384 valence electrons. The van der Waals surface area contributed by atoms with Crippen LogP contribution in [0.15, 0.2) is 81.7 Å². The maximum Gasteiger partial charge on any atom is 1.00 e.